The number of nitrogens with one attached hydrogen (secondary N) is 2. The molecular formula is C28H22ClF3N4O2. The molecule has 4 rings (SSSR count). The number of anilines is 1. The first-order valence-electron chi connectivity index (χ1n) is 11.6. The Bertz CT molecular complexity index is 1530. The predicted molar refractivity (Wildman–Crippen MR) is 142 cm³/mol. The second-order valence-corrected chi connectivity index (χ2v) is 8.82. The summed E-state index contributed by atoms with van der Waals surface area (Å²) in [5.74, 6) is -2.55. The van der Waals surface area contributed by atoms with E-state index in [4.69, 9.17) is 11.6 Å². The summed E-state index contributed by atoms with van der Waals surface area (Å²) in [7, 11) is 0. The maximum Gasteiger partial charge on any atom is 0.471 e. The first-order valence-corrected chi connectivity index (χ1v) is 12.0. The first kappa shape index (κ1) is 26.8. The number of rotatable bonds is 6. The minimum atomic E-state index is -4.99. The topological polar surface area (TPSA) is 83.5 Å². The number of pyridine rings is 1. The zero-order valence-electron chi connectivity index (χ0n) is 20.4. The molecular weight excluding hydrogens is 517 g/mol. The van der Waals surface area contributed by atoms with Crippen molar-refractivity contribution in [3.63, 3.8) is 0 Å². The summed E-state index contributed by atoms with van der Waals surface area (Å²) in [4.78, 5) is 29.0. The molecule has 10 heteroatoms. The van der Waals surface area contributed by atoms with Crippen LogP contribution in [-0.2, 0) is 11.2 Å². The number of hydrogen-bond donors (Lipinski definition) is 2. The Morgan fingerprint density at radius 1 is 1.00 bits per heavy atom. The molecule has 6 nitrogen and oxygen atoms in total. The number of amides is 2. The fourth-order valence-electron chi connectivity index (χ4n) is 3.72. The molecule has 0 aliphatic carbocycles. The number of alkyl halides is 3. The number of aryl methyl sites for hydroxylation is 1. The minimum Gasteiger partial charge on any atom is -0.318 e. The van der Waals surface area contributed by atoms with Crippen LogP contribution in [0.3, 0.4) is 0 Å². The van der Waals surface area contributed by atoms with E-state index in [9.17, 15) is 22.8 Å². The van der Waals surface area contributed by atoms with Crippen LogP contribution in [0.1, 0.15) is 35.3 Å². The summed E-state index contributed by atoms with van der Waals surface area (Å²) < 4.78 is 37.3. The van der Waals surface area contributed by atoms with Gasteiger partial charge in [-0.15, -0.1) is 0 Å². The molecule has 0 radical (unpaired) electrons. The van der Waals surface area contributed by atoms with Gasteiger partial charge in [-0.05, 0) is 48.7 Å². The molecule has 0 aliphatic heterocycles. The molecule has 0 saturated heterocycles. The molecule has 0 atom stereocenters. The highest BCUT2D eigenvalue weighted by atomic mass is 35.5. The smallest absolute Gasteiger partial charge is 0.318 e. The van der Waals surface area contributed by atoms with E-state index in [2.05, 4.69) is 22.4 Å². The zero-order chi connectivity index (χ0) is 27.4. The lowest BCUT2D eigenvalue weighted by molar-refractivity contribution is -0.167. The van der Waals surface area contributed by atoms with E-state index in [0.717, 1.165) is 12.0 Å². The van der Waals surface area contributed by atoms with Gasteiger partial charge in [-0.2, -0.15) is 18.3 Å². The van der Waals surface area contributed by atoms with E-state index in [1.165, 1.54) is 29.8 Å². The van der Waals surface area contributed by atoms with Crippen LogP contribution in [-0.4, -0.2) is 28.7 Å². The van der Waals surface area contributed by atoms with E-state index in [-0.39, 0.29) is 5.69 Å². The summed E-state index contributed by atoms with van der Waals surface area (Å²) in [6, 6.07) is 20.3. The van der Waals surface area contributed by atoms with E-state index in [0.29, 0.717) is 38.5 Å². The highest BCUT2D eigenvalue weighted by Crippen LogP contribution is 2.29. The van der Waals surface area contributed by atoms with Crippen molar-refractivity contribution in [2.45, 2.75) is 26.4 Å². The van der Waals surface area contributed by atoms with Crippen molar-refractivity contribution in [1.29, 1.82) is 0 Å². The van der Waals surface area contributed by atoms with Crippen molar-refractivity contribution < 1.29 is 22.8 Å². The first-order chi connectivity index (χ1) is 18.1. The molecule has 3 aromatic carbocycles. The van der Waals surface area contributed by atoms with Gasteiger partial charge in [-0.25, -0.2) is 10.4 Å². The molecule has 0 aliphatic rings. The monoisotopic (exact) mass is 538 g/mol. The van der Waals surface area contributed by atoms with Gasteiger partial charge in [0, 0.05) is 16.6 Å². The van der Waals surface area contributed by atoms with Crippen molar-refractivity contribution in [2.75, 3.05) is 5.32 Å². The Kier molecular flexibility index (Phi) is 7.78. The largest absolute Gasteiger partial charge is 0.471 e. The zero-order valence-corrected chi connectivity index (χ0v) is 21.1. The quantitative estimate of drug-likeness (QED) is 0.210. The van der Waals surface area contributed by atoms with Crippen LogP contribution in [0.5, 0.6) is 0 Å². The van der Waals surface area contributed by atoms with Crippen molar-refractivity contribution in [3.8, 4) is 11.3 Å². The van der Waals surface area contributed by atoms with Gasteiger partial charge in [0.15, 0.2) is 0 Å². The van der Waals surface area contributed by atoms with Gasteiger partial charge in [0.2, 0.25) is 0 Å². The minimum absolute atomic E-state index is 0.0208. The number of carbonyl (C=O) groups excluding carboxylic acids is 2. The number of hydrazone groups is 1. The van der Waals surface area contributed by atoms with Gasteiger partial charge in [-0.1, -0.05) is 67.1 Å². The van der Waals surface area contributed by atoms with Crippen molar-refractivity contribution in [1.82, 2.24) is 10.4 Å². The molecule has 0 fully saturated rings. The molecule has 2 amide bonds. The van der Waals surface area contributed by atoms with Gasteiger partial charge in [-0.3, -0.25) is 9.59 Å². The summed E-state index contributed by atoms with van der Waals surface area (Å²) >= 11 is 6.41. The van der Waals surface area contributed by atoms with Crippen LogP contribution in [0.2, 0.25) is 5.02 Å². The fourth-order valence-corrected chi connectivity index (χ4v) is 3.93. The van der Waals surface area contributed by atoms with E-state index < -0.39 is 18.0 Å². The summed E-state index contributed by atoms with van der Waals surface area (Å²) in [5.41, 5.74) is 6.84. The Balaban J connectivity index is 1.59. The van der Waals surface area contributed by atoms with Crippen molar-refractivity contribution >= 4 is 45.7 Å². The normalized spacial score (nSPS) is 11.9. The standard InChI is InChI=1S/C28H22ClF3N4O2/c1-3-17-7-9-19(10-8-17)24-15-22(21-5-4-6-23(29)25(21)34-24)26(37)36-35-16(2)18-11-13-20(14-12-18)33-27(38)28(30,31)32/h4-15H,3H2,1-2H3,(H,33,38)(H,36,37)/b35-16-. The lowest BCUT2D eigenvalue weighted by Gasteiger charge is -2.11. The van der Waals surface area contributed by atoms with E-state index in [1.807, 2.05) is 24.3 Å². The maximum absolute atomic E-state index is 13.2. The van der Waals surface area contributed by atoms with Crippen molar-refractivity contribution in [3.05, 3.63) is 94.5 Å². The summed E-state index contributed by atoms with van der Waals surface area (Å²) in [5, 5.41) is 6.89. The van der Waals surface area contributed by atoms with Crippen LogP contribution in [0.15, 0.2) is 77.9 Å². The van der Waals surface area contributed by atoms with Crippen LogP contribution < -0.4 is 10.7 Å². The molecule has 1 heterocycles. The Morgan fingerprint density at radius 3 is 2.32 bits per heavy atom. The maximum atomic E-state index is 13.2. The predicted octanol–water partition coefficient (Wildman–Crippen LogP) is 6.77. The van der Waals surface area contributed by atoms with E-state index in [1.54, 1.807) is 36.5 Å². The number of benzene rings is 3. The molecule has 194 valence electrons. The SMILES string of the molecule is CCc1ccc(-c2cc(C(=O)N/N=C(/C)c3ccc(NC(=O)C(F)(F)F)cc3)c3cccc(Cl)c3n2)cc1. The van der Waals surface area contributed by atoms with E-state index >= 15 is 0 Å². The molecule has 1 aromatic heterocycles. The fraction of sp³-hybridized carbons (Fsp3) is 0.143. The highest BCUT2D eigenvalue weighted by molar-refractivity contribution is 6.35. The average molecular weight is 539 g/mol. The average Bonchev–Trinajstić information content (AvgIpc) is 2.91. The second kappa shape index (κ2) is 11.0. The molecule has 4 aromatic rings. The number of carbonyl (C=O) groups is 2. The third kappa shape index (κ3) is 6.00. The third-order valence-corrected chi connectivity index (χ3v) is 6.14. The van der Waals surface area contributed by atoms with Crippen LogP contribution >= 0.6 is 11.6 Å². The molecule has 0 spiro atoms. The summed E-state index contributed by atoms with van der Waals surface area (Å²) in [6.45, 7) is 3.69. The van der Waals surface area contributed by atoms with Gasteiger partial charge in [0.05, 0.1) is 27.5 Å². The number of nitrogens with zero attached hydrogens (tertiary/aromatic N) is 2. The Hall–Kier alpha value is -4.24. The second-order valence-electron chi connectivity index (χ2n) is 8.41. The number of para-hydroxylation sites is 1. The summed E-state index contributed by atoms with van der Waals surface area (Å²) in [6.07, 6.45) is -4.09. The third-order valence-electron chi connectivity index (χ3n) is 5.84. The number of fused-ring (bicyclic) bond motifs is 1. The molecule has 0 unspecified atom stereocenters. The lowest BCUT2D eigenvalue weighted by atomic mass is 10.0. The van der Waals surface area contributed by atoms with Crippen LogP contribution in [0.25, 0.3) is 22.2 Å². The van der Waals surface area contributed by atoms with Crippen LogP contribution in [0, 0.1) is 0 Å². The lowest BCUT2D eigenvalue weighted by Crippen LogP contribution is -2.29. The molecule has 0 saturated carbocycles. The van der Waals surface area contributed by atoms with Gasteiger partial charge >= 0.3 is 12.1 Å². The van der Waals surface area contributed by atoms with Gasteiger partial charge in [0.25, 0.3) is 5.91 Å². The van der Waals surface area contributed by atoms with Gasteiger partial charge < -0.3 is 5.32 Å². The van der Waals surface area contributed by atoms with Crippen LogP contribution in [0.4, 0.5) is 18.9 Å². The van der Waals surface area contributed by atoms with Gasteiger partial charge in [0.1, 0.15) is 0 Å². The highest BCUT2D eigenvalue weighted by Gasteiger charge is 2.38. The molecule has 2 N–H and O–H groups in total. The molecule has 0 bridgehead atoms. The molecule has 38 heavy (non-hydrogen) atoms. The number of hydrogen-bond acceptors (Lipinski definition) is 4. The van der Waals surface area contributed by atoms with Crippen molar-refractivity contribution in [2.24, 2.45) is 5.10 Å². The Labute approximate surface area is 221 Å². The Morgan fingerprint density at radius 2 is 1.68 bits per heavy atom. The number of halogens is 4. The number of aromatic nitrogens is 1.